The molecule has 5 nitrogen and oxygen atoms in total. The lowest BCUT2D eigenvalue weighted by atomic mass is 10.2. The number of hydrogen-bond acceptors (Lipinski definition) is 4. The number of sulfonamides is 1. The van der Waals surface area contributed by atoms with Gasteiger partial charge in [-0.25, -0.2) is 13.1 Å². The van der Waals surface area contributed by atoms with Gasteiger partial charge in [-0.15, -0.1) is 0 Å². The smallest absolute Gasteiger partial charge is 0.212 e. The first-order valence-corrected chi connectivity index (χ1v) is 7.22. The highest BCUT2D eigenvalue weighted by molar-refractivity contribution is 7.89. The molecule has 0 saturated heterocycles. The molecule has 0 aromatic carbocycles. The van der Waals surface area contributed by atoms with Gasteiger partial charge >= 0.3 is 0 Å². The van der Waals surface area contributed by atoms with Crippen molar-refractivity contribution in [3.05, 3.63) is 0 Å². The van der Waals surface area contributed by atoms with Crippen LogP contribution < -0.4 is 10.0 Å². The van der Waals surface area contributed by atoms with Crippen LogP contribution in [0.1, 0.15) is 20.8 Å². The van der Waals surface area contributed by atoms with Crippen LogP contribution in [-0.4, -0.2) is 47.0 Å². The van der Waals surface area contributed by atoms with Crippen molar-refractivity contribution in [1.29, 1.82) is 0 Å². The fourth-order valence-electron chi connectivity index (χ4n) is 1.17. The van der Waals surface area contributed by atoms with E-state index in [4.69, 9.17) is 4.74 Å². The molecule has 0 rings (SSSR count). The highest BCUT2D eigenvalue weighted by Crippen LogP contribution is 1.94. The zero-order valence-electron chi connectivity index (χ0n) is 10.6. The molecule has 6 heteroatoms. The normalized spacial score (nSPS) is 14.3. The van der Waals surface area contributed by atoms with E-state index in [0.717, 1.165) is 0 Å². The molecule has 1 unspecified atom stereocenters. The largest absolute Gasteiger partial charge is 0.384 e. The zero-order chi connectivity index (χ0) is 12.6. The van der Waals surface area contributed by atoms with E-state index in [0.29, 0.717) is 25.7 Å². The van der Waals surface area contributed by atoms with Crippen molar-refractivity contribution >= 4 is 10.0 Å². The first-order valence-electron chi connectivity index (χ1n) is 5.57. The summed E-state index contributed by atoms with van der Waals surface area (Å²) in [6.45, 7) is 7.38. The Hall–Kier alpha value is -0.170. The molecule has 0 fully saturated rings. The average Bonchev–Trinajstić information content (AvgIpc) is 2.14. The van der Waals surface area contributed by atoms with Gasteiger partial charge in [-0.05, 0) is 5.92 Å². The Morgan fingerprint density at radius 2 is 1.88 bits per heavy atom. The second-order valence-electron chi connectivity index (χ2n) is 4.34. The third-order valence-electron chi connectivity index (χ3n) is 2.03. The summed E-state index contributed by atoms with van der Waals surface area (Å²) in [5.41, 5.74) is 0. The Labute approximate surface area is 99.0 Å². The monoisotopic (exact) mass is 252 g/mol. The van der Waals surface area contributed by atoms with Crippen LogP contribution in [0.5, 0.6) is 0 Å². The number of rotatable bonds is 9. The highest BCUT2D eigenvalue weighted by Gasteiger charge is 2.11. The van der Waals surface area contributed by atoms with E-state index in [1.165, 1.54) is 0 Å². The first-order chi connectivity index (χ1) is 7.37. The standard InChI is InChI=1S/C10H24N2O3S/c1-9(2)11-5-6-16(13,14)12-7-10(3)8-15-4/h9-12H,5-8H2,1-4H3. The van der Waals surface area contributed by atoms with Gasteiger partial charge in [0.05, 0.1) is 5.75 Å². The number of hydrogen-bond donors (Lipinski definition) is 2. The van der Waals surface area contributed by atoms with Gasteiger partial charge in [0.25, 0.3) is 0 Å². The molecule has 0 saturated carbocycles. The van der Waals surface area contributed by atoms with Gasteiger partial charge in [0.15, 0.2) is 0 Å². The third kappa shape index (κ3) is 9.08. The average molecular weight is 252 g/mol. The molecule has 0 heterocycles. The molecule has 0 aliphatic heterocycles. The van der Waals surface area contributed by atoms with Crippen LogP contribution in [0, 0.1) is 5.92 Å². The minimum absolute atomic E-state index is 0.116. The maximum absolute atomic E-state index is 11.5. The van der Waals surface area contributed by atoms with Crippen molar-refractivity contribution < 1.29 is 13.2 Å². The summed E-state index contributed by atoms with van der Waals surface area (Å²) < 4.78 is 30.6. The molecular weight excluding hydrogens is 228 g/mol. The van der Waals surface area contributed by atoms with Gasteiger partial charge in [0, 0.05) is 32.8 Å². The summed E-state index contributed by atoms with van der Waals surface area (Å²) in [6, 6.07) is 0.308. The van der Waals surface area contributed by atoms with Crippen LogP contribution in [0.2, 0.25) is 0 Å². The summed E-state index contributed by atoms with van der Waals surface area (Å²) in [4.78, 5) is 0. The van der Waals surface area contributed by atoms with Gasteiger partial charge in [-0.1, -0.05) is 20.8 Å². The Morgan fingerprint density at radius 1 is 1.25 bits per heavy atom. The van der Waals surface area contributed by atoms with Gasteiger partial charge < -0.3 is 10.1 Å². The first kappa shape index (κ1) is 15.8. The van der Waals surface area contributed by atoms with Crippen molar-refractivity contribution in [2.45, 2.75) is 26.8 Å². The Bertz CT molecular complexity index is 265. The number of nitrogens with one attached hydrogen (secondary N) is 2. The quantitative estimate of drug-likeness (QED) is 0.614. The molecule has 0 spiro atoms. The molecule has 0 aliphatic carbocycles. The molecule has 0 radical (unpaired) electrons. The van der Waals surface area contributed by atoms with Crippen LogP contribution in [-0.2, 0) is 14.8 Å². The second-order valence-corrected chi connectivity index (χ2v) is 6.26. The SMILES string of the molecule is COCC(C)CNS(=O)(=O)CCNC(C)C. The number of methoxy groups -OCH3 is 1. The Kier molecular flexibility index (Phi) is 7.91. The molecular formula is C10H24N2O3S. The van der Waals surface area contributed by atoms with Crippen molar-refractivity contribution in [1.82, 2.24) is 10.0 Å². The number of ether oxygens (including phenoxy) is 1. The molecule has 1 atom stereocenters. The summed E-state index contributed by atoms with van der Waals surface area (Å²) in [5, 5.41) is 3.07. The van der Waals surface area contributed by atoms with E-state index < -0.39 is 10.0 Å². The van der Waals surface area contributed by atoms with Crippen LogP contribution in [0.3, 0.4) is 0 Å². The molecule has 98 valence electrons. The molecule has 0 aromatic rings. The van der Waals surface area contributed by atoms with E-state index in [-0.39, 0.29) is 11.7 Å². The van der Waals surface area contributed by atoms with E-state index >= 15 is 0 Å². The van der Waals surface area contributed by atoms with Crippen LogP contribution in [0.4, 0.5) is 0 Å². The van der Waals surface area contributed by atoms with Crippen molar-refractivity contribution in [2.75, 3.05) is 32.6 Å². The van der Waals surface area contributed by atoms with Crippen molar-refractivity contribution in [3.8, 4) is 0 Å². The summed E-state index contributed by atoms with van der Waals surface area (Å²) in [7, 11) is -1.55. The van der Waals surface area contributed by atoms with Crippen LogP contribution in [0.25, 0.3) is 0 Å². The minimum Gasteiger partial charge on any atom is -0.384 e. The molecule has 0 aromatic heterocycles. The molecule has 0 aliphatic rings. The van der Waals surface area contributed by atoms with Crippen LogP contribution >= 0.6 is 0 Å². The highest BCUT2D eigenvalue weighted by atomic mass is 32.2. The lowest BCUT2D eigenvalue weighted by molar-refractivity contribution is 0.161. The fourth-order valence-corrected chi connectivity index (χ4v) is 2.24. The van der Waals surface area contributed by atoms with E-state index in [1.54, 1.807) is 7.11 Å². The second kappa shape index (κ2) is 8.00. The van der Waals surface area contributed by atoms with Crippen molar-refractivity contribution in [3.63, 3.8) is 0 Å². The van der Waals surface area contributed by atoms with Gasteiger partial charge in [0.2, 0.25) is 10.0 Å². The van der Waals surface area contributed by atoms with Crippen molar-refractivity contribution in [2.24, 2.45) is 5.92 Å². The van der Waals surface area contributed by atoms with Crippen LogP contribution in [0.15, 0.2) is 0 Å². The topological polar surface area (TPSA) is 67.4 Å². The molecule has 0 bridgehead atoms. The zero-order valence-corrected chi connectivity index (χ0v) is 11.4. The summed E-state index contributed by atoms with van der Waals surface area (Å²) >= 11 is 0. The minimum atomic E-state index is -3.16. The lowest BCUT2D eigenvalue weighted by Crippen LogP contribution is -2.36. The van der Waals surface area contributed by atoms with Gasteiger partial charge in [-0.3, -0.25) is 0 Å². The third-order valence-corrected chi connectivity index (χ3v) is 3.37. The van der Waals surface area contributed by atoms with Gasteiger partial charge in [0.1, 0.15) is 0 Å². The lowest BCUT2D eigenvalue weighted by Gasteiger charge is -2.13. The molecule has 16 heavy (non-hydrogen) atoms. The summed E-state index contributed by atoms with van der Waals surface area (Å²) in [6.07, 6.45) is 0. The van der Waals surface area contributed by atoms with E-state index in [9.17, 15) is 8.42 Å². The molecule has 2 N–H and O–H groups in total. The Balaban J connectivity index is 3.78. The maximum Gasteiger partial charge on any atom is 0.212 e. The predicted molar refractivity (Wildman–Crippen MR) is 66.0 cm³/mol. The van der Waals surface area contributed by atoms with Gasteiger partial charge in [-0.2, -0.15) is 0 Å². The van der Waals surface area contributed by atoms with E-state index in [1.807, 2.05) is 20.8 Å². The van der Waals surface area contributed by atoms with E-state index in [2.05, 4.69) is 10.0 Å². The molecule has 0 amide bonds. The fraction of sp³-hybridized carbons (Fsp3) is 1.00. The summed E-state index contributed by atoms with van der Waals surface area (Å²) in [5.74, 6) is 0.308. The Morgan fingerprint density at radius 3 is 2.38 bits per heavy atom. The predicted octanol–water partition coefficient (Wildman–Crippen LogP) is 0.186. The maximum atomic E-state index is 11.5.